The molecule has 1 saturated heterocycles. The van der Waals surface area contributed by atoms with Crippen molar-refractivity contribution in [2.24, 2.45) is 5.73 Å². The van der Waals surface area contributed by atoms with Crippen LogP contribution in [0.15, 0.2) is 24.3 Å². The van der Waals surface area contributed by atoms with Crippen molar-refractivity contribution in [2.45, 2.75) is 31.5 Å². The van der Waals surface area contributed by atoms with Crippen molar-refractivity contribution >= 4 is 5.69 Å². The van der Waals surface area contributed by atoms with Crippen molar-refractivity contribution in [1.82, 2.24) is 0 Å². The van der Waals surface area contributed by atoms with E-state index >= 15 is 0 Å². The maximum absolute atomic E-state index is 6.06. The predicted molar refractivity (Wildman–Crippen MR) is 53.6 cm³/mol. The van der Waals surface area contributed by atoms with Gasteiger partial charge >= 0.3 is 0 Å². The van der Waals surface area contributed by atoms with Crippen LogP contribution in [0, 0.1) is 0 Å². The zero-order valence-corrected chi connectivity index (χ0v) is 7.61. The summed E-state index contributed by atoms with van der Waals surface area (Å²) in [6.45, 7) is 0. The molecule has 2 heteroatoms. The van der Waals surface area contributed by atoms with Gasteiger partial charge in [0.1, 0.15) is 0 Å². The molecule has 2 N–H and O–H groups in total. The number of para-hydroxylation sites is 1. The molecule has 2 aliphatic heterocycles. The van der Waals surface area contributed by atoms with Crippen LogP contribution in [0.2, 0.25) is 0 Å². The molecule has 0 bridgehead atoms. The molecule has 0 aliphatic carbocycles. The molecule has 1 aromatic carbocycles. The molecule has 3 rings (SSSR count). The summed E-state index contributed by atoms with van der Waals surface area (Å²) < 4.78 is 0. The van der Waals surface area contributed by atoms with Crippen LogP contribution in [0.25, 0.3) is 0 Å². The molecule has 1 fully saturated rings. The normalized spacial score (nSPS) is 30.4. The number of benzene rings is 1. The van der Waals surface area contributed by atoms with Crippen molar-refractivity contribution in [1.29, 1.82) is 0 Å². The summed E-state index contributed by atoms with van der Waals surface area (Å²) in [4.78, 5) is 2.40. The molecule has 1 aromatic rings. The summed E-state index contributed by atoms with van der Waals surface area (Å²) in [7, 11) is 0. The summed E-state index contributed by atoms with van der Waals surface area (Å²) >= 11 is 0. The van der Waals surface area contributed by atoms with E-state index in [1.165, 1.54) is 24.1 Å². The molecular formula is C11H14N2. The molecule has 13 heavy (non-hydrogen) atoms. The average Bonchev–Trinajstić information content (AvgIpc) is 2.66. The summed E-state index contributed by atoms with van der Waals surface area (Å²) in [6, 6.07) is 9.33. The van der Waals surface area contributed by atoms with Crippen LogP contribution in [-0.2, 0) is 6.42 Å². The molecule has 0 amide bonds. The Bertz CT molecular complexity index is 335. The molecule has 2 nitrogen and oxygen atoms in total. The van der Waals surface area contributed by atoms with E-state index in [4.69, 9.17) is 5.73 Å². The van der Waals surface area contributed by atoms with Crippen LogP contribution >= 0.6 is 0 Å². The fraction of sp³-hybridized carbons (Fsp3) is 0.455. The minimum Gasteiger partial charge on any atom is -0.353 e. The number of hydrogen-bond acceptors (Lipinski definition) is 2. The highest BCUT2D eigenvalue weighted by molar-refractivity contribution is 5.60. The van der Waals surface area contributed by atoms with Crippen molar-refractivity contribution < 1.29 is 0 Å². The van der Waals surface area contributed by atoms with E-state index in [1.54, 1.807) is 0 Å². The SMILES string of the molecule is NC1CCC2Cc3ccccc3N12. The van der Waals surface area contributed by atoms with Crippen LogP contribution < -0.4 is 10.6 Å². The highest BCUT2D eigenvalue weighted by atomic mass is 15.3. The Hall–Kier alpha value is -1.02. The van der Waals surface area contributed by atoms with Gasteiger partial charge in [-0.05, 0) is 30.9 Å². The molecule has 0 saturated carbocycles. The second kappa shape index (κ2) is 2.48. The van der Waals surface area contributed by atoms with Crippen LogP contribution in [0.5, 0.6) is 0 Å². The molecule has 2 unspecified atom stereocenters. The first kappa shape index (κ1) is 7.39. The number of rotatable bonds is 0. The Balaban J connectivity index is 2.08. The topological polar surface area (TPSA) is 29.3 Å². The molecule has 68 valence electrons. The highest BCUT2D eigenvalue weighted by Gasteiger charge is 2.37. The third kappa shape index (κ3) is 0.923. The number of fused-ring (bicyclic) bond motifs is 3. The second-order valence-corrected chi connectivity index (χ2v) is 4.04. The minimum absolute atomic E-state index is 0.258. The maximum atomic E-state index is 6.06. The van der Waals surface area contributed by atoms with Gasteiger partial charge in [0.2, 0.25) is 0 Å². The third-order valence-electron chi connectivity index (χ3n) is 3.27. The van der Waals surface area contributed by atoms with Gasteiger partial charge in [0.15, 0.2) is 0 Å². The van der Waals surface area contributed by atoms with Gasteiger partial charge in [-0.15, -0.1) is 0 Å². The standard InChI is InChI=1S/C11H14N2/c12-11-6-5-9-7-8-3-1-2-4-10(8)13(9)11/h1-4,9,11H,5-7,12H2. The van der Waals surface area contributed by atoms with Crippen molar-refractivity contribution in [3.05, 3.63) is 29.8 Å². The summed E-state index contributed by atoms with van der Waals surface area (Å²) in [5, 5.41) is 0. The quantitative estimate of drug-likeness (QED) is 0.645. The van der Waals surface area contributed by atoms with Gasteiger partial charge in [0.05, 0.1) is 6.17 Å². The Kier molecular flexibility index (Phi) is 1.41. The molecule has 0 spiro atoms. The van der Waals surface area contributed by atoms with Gasteiger partial charge in [-0.3, -0.25) is 0 Å². The van der Waals surface area contributed by atoms with Gasteiger partial charge in [0, 0.05) is 11.7 Å². The van der Waals surface area contributed by atoms with E-state index in [9.17, 15) is 0 Å². The number of hydrogen-bond donors (Lipinski definition) is 1. The lowest BCUT2D eigenvalue weighted by atomic mass is 10.1. The molecule has 0 radical (unpaired) electrons. The van der Waals surface area contributed by atoms with E-state index in [0.717, 1.165) is 6.42 Å². The molecule has 0 aromatic heterocycles. The molecular weight excluding hydrogens is 160 g/mol. The smallest absolute Gasteiger partial charge is 0.0775 e. The first-order chi connectivity index (χ1) is 6.36. The first-order valence-electron chi connectivity index (χ1n) is 4.98. The minimum atomic E-state index is 0.258. The number of nitrogens with two attached hydrogens (primary N) is 1. The monoisotopic (exact) mass is 174 g/mol. The molecule has 2 aliphatic rings. The van der Waals surface area contributed by atoms with Gasteiger partial charge in [-0.2, -0.15) is 0 Å². The Morgan fingerprint density at radius 1 is 1.23 bits per heavy atom. The Morgan fingerprint density at radius 3 is 3.00 bits per heavy atom. The fourth-order valence-corrected chi connectivity index (χ4v) is 2.68. The van der Waals surface area contributed by atoms with Gasteiger partial charge < -0.3 is 10.6 Å². The molecule has 2 atom stereocenters. The van der Waals surface area contributed by atoms with E-state index in [-0.39, 0.29) is 6.17 Å². The third-order valence-corrected chi connectivity index (χ3v) is 3.27. The van der Waals surface area contributed by atoms with Gasteiger partial charge in [0.25, 0.3) is 0 Å². The van der Waals surface area contributed by atoms with Crippen molar-refractivity contribution in [3.63, 3.8) is 0 Å². The zero-order valence-electron chi connectivity index (χ0n) is 7.61. The van der Waals surface area contributed by atoms with E-state index in [0.29, 0.717) is 6.04 Å². The number of nitrogens with zero attached hydrogens (tertiary/aromatic N) is 1. The van der Waals surface area contributed by atoms with Crippen LogP contribution in [0.1, 0.15) is 18.4 Å². The lowest BCUT2D eigenvalue weighted by Crippen LogP contribution is -2.38. The van der Waals surface area contributed by atoms with E-state index in [2.05, 4.69) is 29.2 Å². The van der Waals surface area contributed by atoms with Crippen molar-refractivity contribution in [3.8, 4) is 0 Å². The zero-order chi connectivity index (χ0) is 8.84. The molecule has 2 heterocycles. The van der Waals surface area contributed by atoms with Crippen LogP contribution in [0.4, 0.5) is 5.69 Å². The average molecular weight is 174 g/mol. The summed E-state index contributed by atoms with van der Waals surface area (Å²) in [6.07, 6.45) is 3.87. The Morgan fingerprint density at radius 2 is 2.08 bits per heavy atom. The van der Waals surface area contributed by atoms with Crippen molar-refractivity contribution in [2.75, 3.05) is 4.90 Å². The van der Waals surface area contributed by atoms with E-state index < -0.39 is 0 Å². The fourth-order valence-electron chi connectivity index (χ4n) is 2.68. The highest BCUT2D eigenvalue weighted by Crippen LogP contribution is 2.39. The van der Waals surface area contributed by atoms with Gasteiger partial charge in [-0.25, -0.2) is 0 Å². The summed E-state index contributed by atoms with van der Waals surface area (Å²) in [5.74, 6) is 0. The van der Waals surface area contributed by atoms with Crippen LogP contribution in [0.3, 0.4) is 0 Å². The largest absolute Gasteiger partial charge is 0.353 e. The van der Waals surface area contributed by atoms with Gasteiger partial charge in [-0.1, -0.05) is 18.2 Å². The number of anilines is 1. The maximum Gasteiger partial charge on any atom is 0.0775 e. The lowest BCUT2D eigenvalue weighted by molar-refractivity contribution is 0.674. The second-order valence-electron chi connectivity index (χ2n) is 4.04. The van der Waals surface area contributed by atoms with E-state index in [1.807, 2.05) is 0 Å². The lowest BCUT2D eigenvalue weighted by Gasteiger charge is -2.23. The summed E-state index contributed by atoms with van der Waals surface area (Å²) in [5.41, 5.74) is 8.91. The predicted octanol–water partition coefficient (Wildman–Crippen LogP) is 1.50. The Labute approximate surface area is 78.3 Å². The van der Waals surface area contributed by atoms with Crippen LogP contribution in [-0.4, -0.2) is 12.2 Å². The first-order valence-corrected chi connectivity index (χ1v) is 4.98.